The highest BCUT2D eigenvalue weighted by Crippen LogP contribution is 2.31. The highest BCUT2D eigenvalue weighted by atomic mass is 16.5. The second-order valence-corrected chi connectivity index (χ2v) is 5.07. The van der Waals surface area contributed by atoms with Crippen LogP contribution in [0.2, 0.25) is 0 Å². The first-order chi connectivity index (χ1) is 9.65. The molecular formula is C15H16N2O3. The summed E-state index contributed by atoms with van der Waals surface area (Å²) in [6.45, 7) is 3.41. The van der Waals surface area contributed by atoms with Crippen molar-refractivity contribution in [2.24, 2.45) is 0 Å². The van der Waals surface area contributed by atoms with Gasteiger partial charge in [-0.2, -0.15) is 0 Å². The van der Waals surface area contributed by atoms with Gasteiger partial charge in [0.15, 0.2) is 5.76 Å². The fourth-order valence-corrected chi connectivity index (χ4v) is 2.74. The van der Waals surface area contributed by atoms with Crippen LogP contribution in [-0.4, -0.2) is 22.8 Å². The molecule has 2 heterocycles. The maximum atomic E-state index is 11.3. The summed E-state index contributed by atoms with van der Waals surface area (Å²) in [5, 5.41) is 13.2. The fraction of sp³-hybridized carbons (Fsp3) is 0.333. The molecular weight excluding hydrogens is 256 g/mol. The normalized spacial score (nSPS) is 14.2. The zero-order chi connectivity index (χ0) is 14.1. The Hall–Kier alpha value is -2.30. The van der Waals surface area contributed by atoms with Crippen LogP contribution in [0.25, 0.3) is 0 Å². The number of aryl methyl sites for hydroxylation is 1. The number of aromatic carboxylic acids is 1. The van der Waals surface area contributed by atoms with Gasteiger partial charge in [-0.3, -0.25) is 0 Å². The van der Waals surface area contributed by atoms with E-state index in [0.717, 1.165) is 42.1 Å². The third-order valence-electron chi connectivity index (χ3n) is 3.60. The molecule has 1 aromatic carbocycles. The van der Waals surface area contributed by atoms with Gasteiger partial charge in [-0.05, 0) is 37.5 Å². The first-order valence-electron chi connectivity index (χ1n) is 6.67. The van der Waals surface area contributed by atoms with Crippen LogP contribution < -0.4 is 4.90 Å². The molecule has 104 valence electrons. The lowest BCUT2D eigenvalue weighted by Crippen LogP contribution is -2.29. The number of aromatic nitrogens is 1. The van der Waals surface area contributed by atoms with Crippen LogP contribution >= 0.6 is 0 Å². The lowest BCUT2D eigenvalue weighted by molar-refractivity contribution is 0.0695. The van der Waals surface area contributed by atoms with Crippen molar-refractivity contribution in [3.63, 3.8) is 0 Å². The van der Waals surface area contributed by atoms with Crippen LogP contribution in [0.15, 0.2) is 28.8 Å². The predicted octanol–water partition coefficient (Wildman–Crippen LogP) is 2.63. The topological polar surface area (TPSA) is 66.6 Å². The van der Waals surface area contributed by atoms with Gasteiger partial charge in [0.1, 0.15) is 0 Å². The van der Waals surface area contributed by atoms with Crippen molar-refractivity contribution in [3.05, 3.63) is 46.8 Å². The first kappa shape index (κ1) is 12.7. The third kappa shape index (κ3) is 2.27. The fourth-order valence-electron chi connectivity index (χ4n) is 2.74. The van der Waals surface area contributed by atoms with E-state index in [4.69, 9.17) is 4.52 Å². The van der Waals surface area contributed by atoms with Crippen molar-refractivity contribution >= 4 is 11.7 Å². The van der Waals surface area contributed by atoms with E-state index in [1.54, 1.807) is 12.1 Å². The quantitative estimate of drug-likeness (QED) is 0.930. The van der Waals surface area contributed by atoms with E-state index < -0.39 is 5.97 Å². The summed E-state index contributed by atoms with van der Waals surface area (Å²) < 4.78 is 5.25. The lowest BCUT2D eigenvalue weighted by Gasteiger charge is -2.31. The average molecular weight is 272 g/mol. The molecule has 0 saturated heterocycles. The van der Waals surface area contributed by atoms with E-state index in [1.807, 2.05) is 19.1 Å². The van der Waals surface area contributed by atoms with E-state index in [-0.39, 0.29) is 0 Å². The van der Waals surface area contributed by atoms with Gasteiger partial charge in [-0.1, -0.05) is 11.2 Å². The van der Waals surface area contributed by atoms with E-state index >= 15 is 0 Å². The van der Waals surface area contributed by atoms with Crippen LogP contribution in [0.1, 0.15) is 33.8 Å². The van der Waals surface area contributed by atoms with Crippen molar-refractivity contribution in [2.75, 3.05) is 11.4 Å². The molecule has 3 rings (SSSR count). The minimum atomic E-state index is -0.862. The van der Waals surface area contributed by atoms with Gasteiger partial charge in [0.25, 0.3) is 0 Å². The summed E-state index contributed by atoms with van der Waals surface area (Å²) in [6.07, 6.45) is 1.76. The molecule has 5 nitrogen and oxygen atoms in total. The number of nitrogens with zero attached hydrogens (tertiary/aromatic N) is 2. The maximum absolute atomic E-state index is 11.3. The summed E-state index contributed by atoms with van der Waals surface area (Å²) in [6, 6.07) is 7.36. The van der Waals surface area contributed by atoms with Gasteiger partial charge < -0.3 is 14.5 Å². The molecule has 0 atom stereocenters. The van der Waals surface area contributed by atoms with Crippen molar-refractivity contribution in [1.82, 2.24) is 5.16 Å². The largest absolute Gasteiger partial charge is 0.478 e. The number of carbonyl (C=O) groups is 1. The number of fused-ring (bicyclic) bond motifs is 1. The Bertz CT molecular complexity index is 648. The van der Waals surface area contributed by atoms with Crippen LogP contribution in [0.4, 0.5) is 5.69 Å². The number of benzene rings is 1. The number of anilines is 1. The van der Waals surface area contributed by atoms with Crippen LogP contribution in [0.3, 0.4) is 0 Å². The van der Waals surface area contributed by atoms with Gasteiger partial charge in [0.05, 0.1) is 17.8 Å². The maximum Gasteiger partial charge on any atom is 0.336 e. The lowest BCUT2D eigenvalue weighted by atomic mass is 9.96. The molecule has 20 heavy (non-hydrogen) atoms. The molecule has 1 N–H and O–H groups in total. The van der Waals surface area contributed by atoms with E-state index in [0.29, 0.717) is 12.1 Å². The molecule has 0 bridgehead atoms. The molecule has 0 aliphatic carbocycles. The van der Waals surface area contributed by atoms with Gasteiger partial charge in [-0.25, -0.2) is 4.79 Å². The zero-order valence-electron chi connectivity index (χ0n) is 11.3. The molecule has 0 saturated carbocycles. The molecule has 1 aliphatic heterocycles. The monoisotopic (exact) mass is 272 g/mol. The molecule has 0 spiro atoms. The Balaban J connectivity index is 1.94. The van der Waals surface area contributed by atoms with E-state index in [2.05, 4.69) is 10.1 Å². The molecule has 0 radical (unpaired) electrons. The number of carboxylic acids is 1. The van der Waals surface area contributed by atoms with Gasteiger partial charge in [0.2, 0.25) is 0 Å². The van der Waals surface area contributed by atoms with Crippen molar-refractivity contribution in [2.45, 2.75) is 26.3 Å². The summed E-state index contributed by atoms with van der Waals surface area (Å²) >= 11 is 0. The predicted molar refractivity (Wildman–Crippen MR) is 74.0 cm³/mol. The molecule has 1 aliphatic rings. The number of hydrogen-bond acceptors (Lipinski definition) is 4. The summed E-state index contributed by atoms with van der Waals surface area (Å²) in [4.78, 5) is 13.5. The molecule has 5 heteroatoms. The molecule has 1 aromatic heterocycles. The molecule has 0 amide bonds. The van der Waals surface area contributed by atoms with Crippen LogP contribution in [0, 0.1) is 6.92 Å². The summed E-state index contributed by atoms with van der Waals surface area (Å²) in [5.74, 6) is -0.0599. The number of rotatable bonds is 3. The Labute approximate surface area is 116 Å². The third-order valence-corrected chi connectivity index (χ3v) is 3.60. The first-order valence-corrected chi connectivity index (χ1v) is 6.67. The van der Waals surface area contributed by atoms with Crippen molar-refractivity contribution in [1.29, 1.82) is 0 Å². The number of hydrogen-bond donors (Lipinski definition) is 1. The smallest absolute Gasteiger partial charge is 0.336 e. The Morgan fingerprint density at radius 1 is 1.50 bits per heavy atom. The standard InChI is InChI=1S/C15H16N2O3/c1-10-8-11(20-16-10)9-17-7-3-5-12-13(15(18)19)4-2-6-14(12)17/h2,4,6,8H,3,5,7,9H2,1H3,(H,18,19). The summed E-state index contributed by atoms with van der Waals surface area (Å²) in [5.41, 5.74) is 3.17. The molecule has 0 unspecified atom stereocenters. The minimum Gasteiger partial charge on any atom is -0.478 e. The highest BCUT2D eigenvalue weighted by Gasteiger charge is 2.22. The SMILES string of the molecule is Cc1cc(CN2CCCc3c(C(=O)O)cccc32)on1. The van der Waals surface area contributed by atoms with Crippen LogP contribution in [0.5, 0.6) is 0 Å². The van der Waals surface area contributed by atoms with E-state index in [1.165, 1.54) is 0 Å². The summed E-state index contributed by atoms with van der Waals surface area (Å²) in [7, 11) is 0. The second kappa shape index (κ2) is 5.00. The van der Waals surface area contributed by atoms with Crippen LogP contribution in [-0.2, 0) is 13.0 Å². The average Bonchev–Trinajstić information content (AvgIpc) is 2.84. The van der Waals surface area contributed by atoms with Gasteiger partial charge >= 0.3 is 5.97 Å². The molecule has 0 fully saturated rings. The van der Waals surface area contributed by atoms with Crippen molar-refractivity contribution in [3.8, 4) is 0 Å². The zero-order valence-corrected chi connectivity index (χ0v) is 11.3. The second-order valence-electron chi connectivity index (χ2n) is 5.07. The Morgan fingerprint density at radius 3 is 3.05 bits per heavy atom. The Kier molecular flexibility index (Phi) is 3.18. The van der Waals surface area contributed by atoms with Crippen molar-refractivity contribution < 1.29 is 14.4 Å². The van der Waals surface area contributed by atoms with E-state index in [9.17, 15) is 9.90 Å². The van der Waals surface area contributed by atoms with Gasteiger partial charge in [0, 0.05) is 18.3 Å². The minimum absolute atomic E-state index is 0.404. The number of carboxylic acid groups (broad SMARTS) is 1. The van der Waals surface area contributed by atoms with Gasteiger partial charge in [-0.15, -0.1) is 0 Å². The Morgan fingerprint density at radius 2 is 2.35 bits per heavy atom. The molecule has 2 aromatic rings. The highest BCUT2D eigenvalue weighted by molar-refractivity contribution is 5.91.